The average Bonchev–Trinajstić information content (AvgIpc) is 2.16. The maximum atomic E-state index is 8.99. The summed E-state index contributed by atoms with van der Waals surface area (Å²) in [5, 5.41) is 17.8. The van der Waals surface area contributed by atoms with Gasteiger partial charge in [0.05, 0.1) is 19.3 Å². The minimum Gasteiger partial charge on any atom is -0.399 e. The van der Waals surface area contributed by atoms with Crippen LogP contribution in [0.2, 0.25) is 0 Å². The van der Waals surface area contributed by atoms with Gasteiger partial charge in [-0.2, -0.15) is 0 Å². The second-order valence-corrected chi connectivity index (χ2v) is 2.91. The van der Waals surface area contributed by atoms with Gasteiger partial charge < -0.3 is 21.7 Å². The Bertz CT molecular complexity index is 289. The van der Waals surface area contributed by atoms with Gasteiger partial charge in [-0.15, -0.1) is 0 Å². The van der Waals surface area contributed by atoms with Crippen LogP contribution in [0.15, 0.2) is 18.2 Å². The van der Waals surface area contributed by atoms with Crippen LogP contribution in [-0.2, 0) is 6.61 Å². The number of benzene rings is 1. The zero-order valence-corrected chi connectivity index (χ0v) is 7.27. The molecule has 0 amide bonds. The molecule has 1 atom stereocenters. The zero-order valence-electron chi connectivity index (χ0n) is 7.27. The third-order valence-corrected chi connectivity index (χ3v) is 1.93. The number of aliphatic hydroxyl groups excluding tert-OH is 2. The molecule has 1 unspecified atom stereocenters. The van der Waals surface area contributed by atoms with Crippen LogP contribution < -0.4 is 11.5 Å². The first kappa shape index (κ1) is 9.98. The third kappa shape index (κ3) is 2.18. The fourth-order valence-corrected chi connectivity index (χ4v) is 1.22. The largest absolute Gasteiger partial charge is 0.399 e. The summed E-state index contributed by atoms with van der Waals surface area (Å²) in [6, 6.07) is 4.62. The van der Waals surface area contributed by atoms with Crippen molar-refractivity contribution < 1.29 is 10.2 Å². The van der Waals surface area contributed by atoms with Crippen LogP contribution in [0.25, 0.3) is 0 Å². The molecule has 13 heavy (non-hydrogen) atoms. The predicted octanol–water partition coefficient (Wildman–Crippen LogP) is -0.247. The van der Waals surface area contributed by atoms with Crippen molar-refractivity contribution in [2.75, 3.05) is 12.3 Å². The minimum absolute atomic E-state index is 0.117. The van der Waals surface area contributed by atoms with Crippen molar-refractivity contribution in [2.24, 2.45) is 5.73 Å². The number of aliphatic hydroxyl groups is 2. The van der Waals surface area contributed by atoms with Crippen molar-refractivity contribution in [3.8, 4) is 0 Å². The molecule has 0 aliphatic carbocycles. The Labute approximate surface area is 76.8 Å². The van der Waals surface area contributed by atoms with Gasteiger partial charge in [-0.05, 0) is 23.3 Å². The third-order valence-electron chi connectivity index (χ3n) is 1.93. The van der Waals surface area contributed by atoms with Crippen LogP contribution in [0.1, 0.15) is 17.2 Å². The molecule has 0 heterocycles. The second-order valence-electron chi connectivity index (χ2n) is 2.91. The summed E-state index contributed by atoms with van der Waals surface area (Å²) < 4.78 is 0. The number of hydrogen-bond donors (Lipinski definition) is 4. The van der Waals surface area contributed by atoms with Crippen molar-refractivity contribution in [1.82, 2.24) is 0 Å². The van der Waals surface area contributed by atoms with Gasteiger partial charge in [0.15, 0.2) is 0 Å². The maximum Gasteiger partial charge on any atom is 0.0685 e. The molecule has 0 bridgehead atoms. The molecule has 1 rings (SSSR count). The molecule has 72 valence electrons. The van der Waals surface area contributed by atoms with E-state index in [1.54, 1.807) is 18.2 Å². The maximum absolute atomic E-state index is 8.99. The van der Waals surface area contributed by atoms with E-state index in [9.17, 15) is 0 Å². The molecule has 0 aromatic heterocycles. The van der Waals surface area contributed by atoms with E-state index in [0.29, 0.717) is 11.3 Å². The molecule has 0 aliphatic heterocycles. The van der Waals surface area contributed by atoms with Crippen LogP contribution in [0.3, 0.4) is 0 Å². The zero-order chi connectivity index (χ0) is 9.84. The highest BCUT2D eigenvalue weighted by Crippen LogP contribution is 2.18. The summed E-state index contributed by atoms with van der Waals surface area (Å²) in [5.74, 6) is 0. The molecule has 4 nitrogen and oxygen atoms in total. The van der Waals surface area contributed by atoms with E-state index in [1.165, 1.54) is 0 Å². The molecular formula is C9H14N2O2. The molecule has 6 N–H and O–H groups in total. The molecule has 0 radical (unpaired) electrons. The topological polar surface area (TPSA) is 92.5 Å². The number of rotatable bonds is 3. The Balaban J connectivity index is 3.05. The smallest absolute Gasteiger partial charge is 0.0685 e. The monoisotopic (exact) mass is 182 g/mol. The normalized spacial score (nSPS) is 12.8. The first-order chi connectivity index (χ1) is 6.19. The molecule has 1 aromatic carbocycles. The van der Waals surface area contributed by atoms with E-state index in [4.69, 9.17) is 21.7 Å². The highest BCUT2D eigenvalue weighted by Gasteiger charge is 2.09. The van der Waals surface area contributed by atoms with Gasteiger partial charge in [0.1, 0.15) is 0 Å². The lowest BCUT2D eigenvalue weighted by Crippen LogP contribution is -2.16. The highest BCUT2D eigenvalue weighted by molar-refractivity contribution is 5.45. The first-order valence-electron chi connectivity index (χ1n) is 4.04. The van der Waals surface area contributed by atoms with Crippen molar-refractivity contribution in [3.05, 3.63) is 29.3 Å². The van der Waals surface area contributed by atoms with Crippen LogP contribution in [0, 0.1) is 0 Å². The summed E-state index contributed by atoms with van der Waals surface area (Å²) in [5.41, 5.74) is 13.1. The van der Waals surface area contributed by atoms with Gasteiger partial charge in [0, 0.05) is 5.69 Å². The van der Waals surface area contributed by atoms with Gasteiger partial charge >= 0.3 is 0 Å². The van der Waals surface area contributed by atoms with Gasteiger partial charge in [-0.3, -0.25) is 0 Å². The Kier molecular flexibility index (Phi) is 3.25. The number of nitrogen functional groups attached to an aromatic ring is 1. The molecule has 4 heteroatoms. The standard InChI is InChI=1S/C9H14N2O2/c10-7-1-2-8(9(11)5-13)6(3-7)4-12/h1-3,9,12-13H,4-5,10-11H2. The second kappa shape index (κ2) is 4.23. The molecule has 0 saturated heterocycles. The Morgan fingerprint density at radius 3 is 2.54 bits per heavy atom. The lowest BCUT2D eigenvalue weighted by Gasteiger charge is -2.13. The molecule has 0 aliphatic rings. The lowest BCUT2D eigenvalue weighted by atomic mass is 10.0. The number of hydrogen-bond acceptors (Lipinski definition) is 4. The SMILES string of the molecule is Nc1ccc(C(N)CO)c(CO)c1. The van der Waals surface area contributed by atoms with Crippen LogP contribution in [-0.4, -0.2) is 16.8 Å². The van der Waals surface area contributed by atoms with Gasteiger partial charge in [-0.25, -0.2) is 0 Å². The summed E-state index contributed by atoms with van der Waals surface area (Å²) in [6.45, 7) is -0.259. The van der Waals surface area contributed by atoms with E-state index in [-0.39, 0.29) is 13.2 Å². The molecule has 1 aromatic rings. The van der Waals surface area contributed by atoms with Crippen LogP contribution in [0.5, 0.6) is 0 Å². The van der Waals surface area contributed by atoms with E-state index < -0.39 is 6.04 Å². The van der Waals surface area contributed by atoms with Gasteiger partial charge in [0.2, 0.25) is 0 Å². The van der Waals surface area contributed by atoms with E-state index in [1.807, 2.05) is 0 Å². The number of anilines is 1. The Hall–Kier alpha value is -1.10. The Morgan fingerprint density at radius 2 is 2.00 bits per heavy atom. The van der Waals surface area contributed by atoms with E-state index in [2.05, 4.69) is 0 Å². The summed E-state index contributed by atoms with van der Waals surface area (Å²) in [7, 11) is 0. The van der Waals surface area contributed by atoms with Crippen molar-refractivity contribution in [1.29, 1.82) is 0 Å². The van der Waals surface area contributed by atoms with E-state index in [0.717, 1.165) is 5.56 Å². The molecule has 0 saturated carbocycles. The minimum atomic E-state index is -0.456. The summed E-state index contributed by atoms with van der Waals surface area (Å²) in [6.07, 6.45) is 0. The molecular weight excluding hydrogens is 168 g/mol. The van der Waals surface area contributed by atoms with Crippen molar-refractivity contribution in [3.63, 3.8) is 0 Å². The first-order valence-corrected chi connectivity index (χ1v) is 4.04. The van der Waals surface area contributed by atoms with Crippen molar-refractivity contribution in [2.45, 2.75) is 12.6 Å². The van der Waals surface area contributed by atoms with Crippen LogP contribution >= 0.6 is 0 Å². The predicted molar refractivity (Wildman–Crippen MR) is 50.8 cm³/mol. The van der Waals surface area contributed by atoms with Gasteiger partial charge in [-0.1, -0.05) is 6.07 Å². The van der Waals surface area contributed by atoms with Crippen LogP contribution in [0.4, 0.5) is 5.69 Å². The molecule has 0 fully saturated rings. The number of nitrogens with two attached hydrogens (primary N) is 2. The van der Waals surface area contributed by atoms with E-state index >= 15 is 0 Å². The summed E-state index contributed by atoms with van der Waals surface area (Å²) >= 11 is 0. The fourth-order valence-electron chi connectivity index (χ4n) is 1.22. The fraction of sp³-hybridized carbons (Fsp3) is 0.333. The van der Waals surface area contributed by atoms with Gasteiger partial charge in [0.25, 0.3) is 0 Å². The van der Waals surface area contributed by atoms with Crippen molar-refractivity contribution >= 4 is 5.69 Å². The Morgan fingerprint density at radius 1 is 1.31 bits per heavy atom. The highest BCUT2D eigenvalue weighted by atomic mass is 16.3. The average molecular weight is 182 g/mol. The quantitative estimate of drug-likeness (QED) is 0.485. The lowest BCUT2D eigenvalue weighted by molar-refractivity contribution is 0.259. The molecule has 0 spiro atoms. The summed E-state index contributed by atoms with van der Waals surface area (Å²) in [4.78, 5) is 0.